The second-order valence-corrected chi connectivity index (χ2v) is 6.74. The molecule has 0 aromatic heterocycles. The second kappa shape index (κ2) is 8.28. The zero-order valence-electron chi connectivity index (χ0n) is 15.7. The minimum Gasteiger partial charge on any atom is -0.493 e. The standard InChI is InChI=1S/C19H25N3O5/c1-26-15-7-5-13(11-16(15)27-2)12-22-18(24)14(20-19(22)25)6-8-17(23)21-9-3-4-10-21/h5,7,11,14H,3-4,6,8-10,12H2,1-2H3,(H,20,25)/t14-/m1/s1. The molecule has 8 nitrogen and oxygen atoms in total. The van der Waals surface area contributed by atoms with Gasteiger partial charge in [-0.15, -0.1) is 0 Å². The average molecular weight is 375 g/mol. The van der Waals surface area contributed by atoms with Gasteiger partial charge >= 0.3 is 6.03 Å². The fraction of sp³-hybridized carbons (Fsp3) is 0.526. The molecular formula is C19H25N3O5. The number of methoxy groups -OCH3 is 2. The Morgan fingerprint density at radius 1 is 1.15 bits per heavy atom. The van der Waals surface area contributed by atoms with E-state index in [-0.39, 0.29) is 24.8 Å². The lowest BCUT2D eigenvalue weighted by Gasteiger charge is -2.16. The Bertz CT molecular complexity index is 730. The number of nitrogens with one attached hydrogen (secondary N) is 1. The molecule has 27 heavy (non-hydrogen) atoms. The summed E-state index contributed by atoms with van der Waals surface area (Å²) >= 11 is 0. The summed E-state index contributed by atoms with van der Waals surface area (Å²) in [5.41, 5.74) is 0.755. The number of carbonyl (C=O) groups excluding carboxylic acids is 3. The lowest BCUT2D eigenvalue weighted by molar-refractivity contribution is -0.131. The van der Waals surface area contributed by atoms with E-state index in [1.54, 1.807) is 25.3 Å². The molecule has 4 amide bonds. The first kappa shape index (κ1) is 19.0. The van der Waals surface area contributed by atoms with Gasteiger partial charge in [0.25, 0.3) is 5.91 Å². The van der Waals surface area contributed by atoms with E-state index in [4.69, 9.17) is 9.47 Å². The number of likely N-dealkylation sites (tertiary alicyclic amines) is 1. The first-order chi connectivity index (χ1) is 13.0. The van der Waals surface area contributed by atoms with Crippen molar-refractivity contribution < 1.29 is 23.9 Å². The number of carbonyl (C=O) groups is 3. The zero-order valence-corrected chi connectivity index (χ0v) is 15.7. The molecule has 2 saturated heterocycles. The van der Waals surface area contributed by atoms with Crippen molar-refractivity contribution in [2.24, 2.45) is 0 Å². The van der Waals surface area contributed by atoms with Crippen molar-refractivity contribution in [2.75, 3.05) is 27.3 Å². The maximum absolute atomic E-state index is 12.6. The molecule has 2 heterocycles. The molecule has 8 heteroatoms. The molecule has 1 N–H and O–H groups in total. The largest absolute Gasteiger partial charge is 0.493 e. The van der Waals surface area contributed by atoms with Crippen LogP contribution in [0.15, 0.2) is 18.2 Å². The van der Waals surface area contributed by atoms with Gasteiger partial charge in [0.15, 0.2) is 11.5 Å². The Kier molecular flexibility index (Phi) is 5.83. The number of amides is 4. The molecule has 0 radical (unpaired) electrons. The van der Waals surface area contributed by atoms with Gasteiger partial charge in [0.2, 0.25) is 5.91 Å². The van der Waals surface area contributed by atoms with E-state index in [0.717, 1.165) is 31.5 Å². The number of nitrogens with zero attached hydrogens (tertiary/aromatic N) is 2. The van der Waals surface area contributed by atoms with E-state index in [1.165, 1.54) is 12.0 Å². The third-order valence-electron chi connectivity index (χ3n) is 5.00. The summed E-state index contributed by atoms with van der Waals surface area (Å²) in [6.07, 6.45) is 2.65. The number of imide groups is 1. The van der Waals surface area contributed by atoms with Crippen molar-refractivity contribution in [1.82, 2.24) is 15.1 Å². The Morgan fingerprint density at radius 3 is 2.52 bits per heavy atom. The Balaban J connectivity index is 1.59. The van der Waals surface area contributed by atoms with Gasteiger partial charge in [-0.3, -0.25) is 14.5 Å². The molecule has 0 unspecified atom stereocenters. The first-order valence-electron chi connectivity index (χ1n) is 9.14. The van der Waals surface area contributed by atoms with Crippen molar-refractivity contribution in [3.05, 3.63) is 23.8 Å². The minimum atomic E-state index is -0.649. The van der Waals surface area contributed by atoms with Gasteiger partial charge in [0, 0.05) is 19.5 Å². The van der Waals surface area contributed by atoms with Gasteiger partial charge in [0.05, 0.1) is 20.8 Å². The van der Waals surface area contributed by atoms with Crippen molar-refractivity contribution >= 4 is 17.8 Å². The molecule has 0 bridgehead atoms. The van der Waals surface area contributed by atoms with Crippen LogP contribution in [0.5, 0.6) is 11.5 Å². The smallest absolute Gasteiger partial charge is 0.325 e. The van der Waals surface area contributed by atoms with E-state index >= 15 is 0 Å². The van der Waals surface area contributed by atoms with Gasteiger partial charge < -0.3 is 19.7 Å². The molecule has 1 aromatic rings. The summed E-state index contributed by atoms with van der Waals surface area (Å²) in [5.74, 6) is 0.864. The van der Waals surface area contributed by atoms with Crippen LogP contribution in [-0.2, 0) is 16.1 Å². The number of benzene rings is 1. The molecular weight excluding hydrogens is 350 g/mol. The number of ether oxygens (including phenoxy) is 2. The molecule has 0 aliphatic carbocycles. The van der Waals surface area contributed by atoms with Gasteiger partial charge in [-0.1, -0.05) is 6.07 Å². The summed E-state index contributed by atoms with van der Waals surface area (Å²) < 4.78 is 10.5. The molecule has 146 valence electrons. The van der Waals surface area contributed by atoms with Crippen LogP contribution in [0.3, 0.4) is 0 Å². The zero-order chi connectivity index (χ0) is 19.4. The Hall–Kier alpha value is -2.77. The van der Waals surface area contributed by atoms with E-state index in [9.17, 15) is 14.4 Å². The van der Waals surface area contributed by atoms with Crippen LogP contribution in [0, 0.1) is 0 Å². The molecule has 1 aromatic carbocycles. The van der Waals surface area contributed by atoms with Gasteiger partial charge in [-0.05, 0) is 37.0 Å². The van der Waals surface area contributed by atoms with Crippen LogP contribution in [0.4, 0.5) is 4.79 Å². The maximum Gasteiger partial charge on any atom is 0.325 e. The number of urea groups is 1. The molecule has 2 aliphatic rings. The summed E-state index contributed by atoms with van der Waals surface area (Å²) in [7, 11) is 3.08. The van der Waals surface area contributed by atoms with E-state index in [1.807, 2.05) is 4.90 Å². The monoisotopic (exact) mass is 375 g/mol. The molecule has 2 fully saturated rings. The summed E-state index contributed by atoms with van der Waals surface area (Å²) in [6, 6.07) is 4.17. The molecule has 0 spiro atoms. The number of hydrogen-bond acceptors (Lipinski definition) is 5. The topological polar surface area (TPSA) is 88.2 Å². The van der Waals surface area contributed by atoms with Gasteiger partial charge in [0.1, 0.15) is 6.04 Å². The van der Waals surface area contributed by atoms with Gasteiger partial charge in [-0.25, -0.2) is 4.79 Å². The third kappa shape index (κ3) is 4.15. The third-order valence-corrected chi connectivity index (χ3v) is 5.00. The summed E-state index contributed by atoms with van der Waals surface area (Å²) in [6.45, 7) is 1.71. The highest BCUT2D eigenvalue weighted by atomic mass is 16.5. The summed E-state index contributed by atoms with van der Waals surface area (Å²) in [4.78, 5) is 40.0. The van der Waals surface area contributed by atoms with E-state index in [2.05, 4.69) is 5.32 Å². The van der Waals surface area contributed by atoms with Crippen LogP contribution in [0.2, 0.25) is 0 Å². The lowest BCUT2D eigenvalue weighted by Crippen LogP contribution is -2.33. The van der Waals surface area contributed by atoms with Crippen LogP contribution in [0.25, 0.3) is 0 Å². The minimum absolute atomic E-state index is 0.0490. The Labute approximate surface area is 158 Å². The van der Waals surface area contributed by atoms with Crippen LogP contribution in [-0.4, -0.2) is 61.0 Å². The highest BCUT2D eigenvalue weighted by Gasteiger charge is 2.38. The quantitative estimate of drug-likeness (QED) is 0.730. The average Bonchev–Trinajstić information content (AvgIpc) is 3.30. The lowest BCUT2D eigenvalue weighted by atomic mass is 10.1. The SMILES string of the molecule is COc1ccc(CN2C(=O)N[C@H](CCC(=O)N3CCCC3)C2=O)cc1OC. The predicted octanol–water partition coefficient (Wildman–Crippen LogP) is 1.53. The van der Waals surface area contributed by atoms with Crippen molar-refractivity contribution in [3.8, 4) is 11.5 Å². The molecule has 1 atom stereocenters. The summed E-state index contributed by atoms with van der Waals surface area (Å²) in [5, 5.41) is 2.68. The highest BCUT2D eigenvalue weighted by molar-refractivity contribution is 6.04. The Morgan fingerprint density at radius 2 is 1.85 bits per heavy atom. The maximum atomic E-state index is 12.6. The molecule has 3 rings (SSSR count). The molecule has 0 saturated carbocycles. The number of hydrogen-bond donors (Lipinski definition) is 1. The van der Waals surface area contributed by atoms with Crippen LogP contribution in [0.1, 0.15) is 31.2 Å². The normalized spacial score (nSPS) is 19.4. The van der Waals surface area contributed by atoms with Crippen molar-refractivity contribution in [3.63, 3.8) is 0 Å². The van der Waals surface area contributed by atoms with E-state index < -0.39 is 12.1 Å². The van der Waals surface area contributed by atoms with Crippen LogP contribution >= 0.6 is 0 Å². The first-order valence-corrected chi connectivity index (χ1v) is 9.14. The molecule has 2 aliphatic heterocycles. The highest BCUT2D eigenvalue weighted by Crippen LogP contribution is 2.28. The van der Waals surface area contributed by atoms with Crippen LogP contribution < -0.4 is 14.8 Å². The fourth-order valence-electron chi connectivity index (χ4n) is 3.48. The fourth-order valence-corrected chi connectivity index (χ4v) is 3.48. The van der Waals surface area contributed by atoms with Gasteiger partial charge in [-0.2, -0.15) is 0 Å². The van der Waals surface area contributed by atoms with Crippen molar-refractivity contribution in [1.29, 1.82) is 0 Å². The van der Waals surface area contributed by atoms with Crippen molar-refractivity contribution in [2.45, 2.75) is 38.3 Å². The van der Waals surface area contributed by atoms with E-state index in [0.29, 0.717) is 17.9 Å². The second-order valence-electron chi connectivity index (χ2n) is 6.74. The number of rotatable bonds is 7. The predicted molar refractivity (Wildman–Crippen MR) is 97.5 cm³/mol.